The van der Waals surface area contributed by atoms with Gasteiger partial charge in [0.1, 0.15) is 0 Å². The number of aryl methyl sites for hydroxylation is 1. The van der Waals surface area contributed by atoms with E-state index in [4.69, 9.17) is 0 Å². The molecule has 0 aliphatic carbocycles. The highest BCUT2D eigenvalue weighted by atomic mass is 32.2. The molecule has 21 heavy (non-hydrogen) atoms. The summed E-state index contributed by atoms with van der Waals surface area (Å²) >= 11 is 0. The number of nitrogens with zero attached hydrogens (tertiary/aromatic N) is 1. The SMILES string of the molecule is CCCC(CC)NS(=O)(=O)c1cc(CNCC)n(CC)c1. The molecule has 6 heteroatoms. The fourth-order valence-corrected chi connectivity index (χ4v) is 3.77. The summed E-state index contributed by atoms with van der Waals surface area (Å²) in [5, 5.41) is 3.24. The summed E-state index contributed by atoms with van der Waals surface area (Å²) in [4.78, 5) is 0.367. The monoisotopic (exact) mass is 315 g/mol. The minimum Gasteiger partial charge on any atom is -0.349 e. The Morgan fingerprint density at radius 1 is 1.24 bits per heavy atom. The molecule has 2 N–H and O–H groups in total. The zero-order valence-electron chi connectivity index (χ0n) is 13.6. The van der Waals surface area contributed by atoms with Crippen LogP contribution in [-0.2, 0) is 23.1 Å². The second-order valence-electron chi connectivity index (χ2n) is 5.25. The lowest BCUT2D eigenvalue weighted by Crippen LogP contribution is -2.34. The standard InChI is InChI=1S/C15H29N3O2S/c1-5-9-13(6-2)17-21(19,20)15-10-14(11-16-7-3)18(8-4)12-15/h10,12-13,16-17H,5-9,11H2,1-4H3. The van der Waals surface area contributed by atoms with Gasteiger partial charge in [0, 0.05) is 31.0 Å². The van der Waals surface area contributed by atoms with E-state index in [1.807, 2.05) is 25.3 Å². The van der Waals surface area contributed by atoms with Crippen LogP contribution in [0.5, 0.6) is 0 Å². The Balaban J connectivity index is 2.94. The average Bonchev–Trinajstić information content (AvgIpc) is 2.88. The van der Waals surface area contributed by atoms with E-state index in [1.165, 1.54) is 0 Å². The minimum absolute atomic E-state index is 0.0159. The van der Waals surface area contributed by atoms with Crippen LogP contribution in [0.15, 0.2) is 17.2 Å². The first-order valence-corrected chi connectivity index (χ1v) is 9.38. The highest BCUT2D eigenvalue weighted by Gasteiger charge is 2.21. The Labute approximate surface area is 129 Å². The number of sulfonamides is 1. The third-order valence-corrected chi connectivity index (χ3v) is 5.11. The van der Waals surface area contributed by atoms with E-state index in [1.54, 1.807) is 12.3 Å². The molecule has 0 amide bonds. The van der Waals surface area contributed by atoms with Gasteiger partial charge < -0.3 is 9.88 Å². The molecule has 122 valence electrons. The largest absolute Gasteiger partial charge is 0.349 e. The summed E-state index contributed by atoms with van der Waals surface area (Å²) in [6, 6.07) is 1.79. The molecule has 1 atom stereocenters. The van der Waals surface area contributed by atoms with Crippen molar-refractivity contribution in [3.8, 4) is 0 Å². The van der Waals surface area contributed by atoms with E-state index in [2.05, 4.69) is 17.0 Å². The molecule has 0 spiro atoms. The van der Waals surface area contributed by atoms with Gasteiger partial charge in [-0.3, -0.25) is 0 Å². The van der Waals surface area contributed by atoms with Crippen LogP contribution in [0.1, 0.15) is 52.7 Å². The molecule has 1 unspecified atom stereocenters. The van der Waals surface area contributed by atoms with Crippen LogP contribution in [0.2, 0.25) is 0 Å². The lowest BCUT2D eigenvalue weighted by atomic mass is 10.1. The molecule has 0 aliphatic rings. The smallest absolute Gasteiger partial charge is 0.242 e. The molecular formula is C15H29N3O2S. The van der Waals surface area contributed by atoms with Gasteiger partial charge in [-0.05, 0) is 32.4 Å². The van der Waals surface area contributed by atoms with Gasteiger partial charge in [-0.15, -0.1) is 0 Å². The molecule has 0 saturated heterocycles. The van der Waals surface area contributed by atoms with Crippen LogP contribution < -0.4 is 10.0 Å². The number of hydrogen-bond acceptors (Lipinski definition) is 3. The van der Waals surface area contributed by atoms with Crippen molar-refractivity contribution in [1.29, 1.82) is 0 Å². The Morgan fingerprint density at radius 3 is 2.48 bits per heavy atom. The molecule has 1 rings (SSSR count). The van der Waals surface area contributed by atoms with Crippen LogP contribution in [0, 0.1) is 0 Å². The predicted molar refractivity (Wildman–Crippen MR) is 86.8 cm³/mol. The molecule has 0 bridgehead atoms. The molecule has 1 aromatic rings. The van der Waals surface area contributed by atoms with Crippen molar-refractivity contribution in [1.82, 2.24) is 14.6 Å². The maximum absolute atomic E-state index is 12.5. The van der Waals surface area contributed by atoms with Gasteiger partial charge in [0.25, 0.3) is 0 Å². The highest BCUT2D eigenvalue weighted by Crippen LogP contribution is 2.16. The van der Waals surface area contributed by atoms with Gasteiger partial charge in [0.2, 0.25) is 10.0 Å². The van der Waals surface area contributed by atoms with Crippen molar-refractivity contribution < 1.29 is 8.42 Å². The van der Waals surface area contributed by atoms with Crippen LogP contribution >= 0.6 is 0 Å². The molecule has 5 nitrogen and oxygen atoms in total. The van der Waals surface area contributed by atoms with Crippen LogP contribution in [-0.4, -0.2) is 25.6 Å². The average molecular weight is 315 g/mol. The van der Waals surface area contributed by atoms with E-state index in [0.29, 0.717) is 11.4 Å². The van der Waals surface area contributed by atoms with Gasteiger partial charge in [-0.25, -0.2) is 13.1 Å². The predicted octanol–water partition coefficient (Wildman–Crippen LogP) is 2.47. The Hall–Kier alpha value is -0.850. The van der Waals surface area contributed by atoms with Gasteiger partial charge in [-0.1, -0.05) is 27.2 Å². The van der Waals surface area contributed by atoms with Crippen molar-refractivity contribution in [3.05, 3.63) is 18.0 Å². The fourth-order valence-electron chi connectivity index (χ4n) is 2.35. The van der Waals surface area contributed by atoms with Crippen LogP contribution in [0.3, 0.4) is 0 Å². The van der Waals surface area contributed by atoms with E-state index >= 15 is 0 Å². The third-order valence-electron chi connectivity index (χ3n) is 3.62. The number of hydrogen-bond donors (Lipinski definition) is 2. The minimum atomic E-state index is -3.43. The van der Waals surface area contributed by atoms with Gasteiger partial charge in [-0.2, -0.15) is 0 Å². The number of nitrogens with one attached hydrogen (secondary N) is 2. The third kappa shape index (κ3) is 5.13. The summed E-state index contributed by atoms with van der Waals surface area (Å²) in [5.74, 6) is 0. The summed E-state index contributed by atoms with van der Waals surface area (Å²) in [5.41, 5.74) is 1.00. The summed E-state index contributed by atoms with van der Waals surface area (Å²) in [6.07, 6.45) is 4.39. The van der Waals surface area contributed by atoms with E-state index < -0.39 is 10.0 Å². The molecule has 1 aromatic heterocycles. The Morgan fingerprint density at radius 2 is 1.95 bits per heavy atom. The molecular weight excluding hydrogens is 286 g/mol. The van der Waals surface area contributed by atoms with E-state index in [-0.39, 0.29) is 6.04 Å². The number of aromatic nitrogens is 1. The van der Waals surface area contributed by atoms with Crippen molar-refractivity contribution in [2.75, 3.05) is 6.54 Å². The van der Waals surface area contributed by atoms with Gasteiger partial charge in [0.05, 0.1) is 4.90 Å². The second kappa shape index (κ2) is 8.56. The van der Waals surface area contributed by atoms with Crippen molar-refractivity contribution >= 4 is 10.0 Å². The lowest BCUT2D eigenvalue weighted by Gasteiger charge is -2.15. The first-order valence-electron chi connectivity index (χ1n) is 7.90. The topological polar surface area (TPSA) is 63.1 Å². The first kappa shape index (κ1) is 18.2. The van der Waals surface area contributed by atoms with Crippen LogP contribution in [0.25, 0.3) is 0 Å². The molecule has 0 radical (unpaired) electrons. The fraction of sp³-hybridized carbons (Fsp3) is 0.733. The van der Waals surface area contributed by atoms with Crippen molar-refractivity contribution in [2.45, 2.75) is 71.0 Å². The van der Waals surface area contributed by atoms with Crippen LogP contribution in [0.4, 0.5) is 0 Å². The zero-order valence-corrected chi connectivity index (χ0v) is 14.5. The van der Waals surface area contributed by atoms with Crippen molar-refractivity contribution in [3.63, 3.8) is 0 Å². The number of rotatable bonds is 10. The van der Waals surface area contributed by atoms with E-state index in [9.17, 15) is 8.42 Å². The summed E-state index contributed by atoms with van der Waals surface area (Å²) < 4.78 is 29.8. The van der Waals surface area contributed by atoms with Crippen molar-refractivity contribution in [2.24, 2.45) is 0 Å². The highest BCUT2D eigenvalue weighted by molar-refractivity contribution is 7.89. The quantitative estimate of drug-likeness (QED) is 0.697. The second-order valence-corrected chi connectivity index (χ2v) is 6.96. The molecule has 0 aromatic carbocycles. The van der Waals surface area contributed by atoms with Gasteiger partial charge in [0.15, 0.2) is 0 Å². The summed E-state index contributed by atoms with van der Waals surface area (Å²) in [7, 11) is -3.43. The molecule has 0 aliphatic heterocycles. The Kier molecular flexibility index (Phi) is 7.42. The first-order chi connectivity index (χ1) is 9.98. The molecule has 0 fully saturated rings. The Bertz CT molecular complexity index is 523. The maximum atomic E-state index is 12.5. The van der Waals surface area contributed by atoms with E-state index in [0.717, 1.165) is 38.0 Å². The molecule has 1 heterocycles. The normalized spacial score (nSPS) is 13.5. The van der Waals surface area contributed by atoms with Gasteiger partial charge >= 0.3 is 0 Å². The zero-order chi connectivity index (χ0) is 15.9. The lowest BCUT2D eigenvalue weighted by molar-refractivity contribution is 0.512. The molecule has 0 saturated carbocycles. The maximum Gasteiger partial charge on any atom is 0.242 e. The summed E-state index contributed by atoms with van der Waals surface area (Å²) in [6.45, 7) is 10.5.